The van der Waals surface area contributed by atoms with Crippen molar-refractivity contribution in [1.82, 2.24) is 4.98 Å². The molecule has 0 aliphatic rings. The maximum Gasteiger partial charge on any atom is 0.130 e. The van der Waals surface area contributed by atoms with E-state index in [0.717, 1.165) is 27.2 Å². The van der Waals surface area contributed by atoms with Crippen LogP contribution in [0.2, 0.25) is 0 Å². The van der Waals surface area contributed by atoms with E-state index in [-0.39, 0.29) is 0 Å². The molecule has 0 spiro atoms. The minimum Gasteiger partial charge on any atom is -0.497 e. The topological polar surface area (TPSA) is 51.6 Å². The van der Waals surface area contributed by atoms with Crippen molar-refractivity contribution in [2.75, 3.05) is 7.11 Å². The lowest BCUT2D eigenvalue weighted by Gasteiger charge is -2.14. The number of aliphatic hydroxyl groups is 1. The molecule has 1 atom stereocenters. The summed E-state index contributed by atoms with van der Waals surface area (Å²) in [5.74, 6) is 1.40. The molecule has 2 rings (SSSR count). The van der Waals surface area contributed by atoms with Crippen molar-refractivity contribution in [2.24, 2.45) is 0 Å². The van der Waals surface area contributed by atoms with E-state index in [2.05, 4.69) is 20.9 Å². The Kier molecular flexibility index (Phi) is 5.20. The maximum atomic E-state index is 9.79. The van der Waals surface area contributed by atoms with Gasteiger partial charge in [-0.15, -0.1) is 0 Å². The molecule has 0 radical (unpaired) electrons. The van der Waals surface area contributed by atoms with Crippen molar-refractivity contribution in [1.29, 1.82) is 0 Å². The molecule has 0 bridgehead atoms. The lowest BCUT2D eigenvalue weighted by molar-refractivity contribution is 0.189. The van der Waals surface area contributed by atoms with Gasteiger partial charge in [-0.3, -0.25) is 4.98 Å². The molecular formula is C16H18BrNO3. The number of nitrogens with zero attached hydrogens (tertiary/aromatic N) is 1. The van der Waals surface area contributed by atoms with Gasteiger partial charge in [0, 0.05) is 27.9 Å². The summed E-state index contributed by atoms with van der Waals surface area (Å²) < 4.78 is 11.9. The molecule has 0 saturated heterocycles. The van der Waals surface area contributed by atoms with Crippen LogP contribution in [0, 0.1) is 6.92 Å². The fourth-order valence-electron chi connectivity index (χ4n) is 2.02. The predicted octanol–water partition coefficient (Wildman–Crippen LogP) is 3.79. The molecule has 1 unspecified atom stereocenters. The first-order valence-electron chi connectivity index (χ1n) is 6.61. The summed E-state index contributed by atoms with van der Waals surface area (Å²) in [7, 11) is 1.62. The lowest BCUT2D eigenvalue weighted by Crippen LogP contribution is -2.03. The highest BCUT2D eigenvalue weighted by atomic mass is 79.9. The number of aromatic nitrogens is 1. The van der Waals surface area contributed by atoms with Crippen molar-refractivity contribution in [3.8, 4) is 11.5 Å². The average Bonchev–Trinajstić information content (AvgIpc) is 2.44. The Morgan fingerprint density at radius 3 is 2.71 bits per heavy atom. The number of aryl methyl sites for hydroxylation is 1. The average molecular weight is 352 g/mol. The van der Waals surface area contributed by atoms with E-state index in [1.807, 2.05) is 37.3 Å². The molecule has 1 aromatic carbocycles. The highest BCUT2D eigenvalue weighted by Gasteiger charge is 2.10. The Morgan fingerprint density at radius 1 is 1.29 bits per heavy atom. The predicted molar refractivity (Wildman–Crippen MR) is 84.6 cm³/mol. The largest absolute Gasteiger partial charge is 0.497 e. The van der Waals surface area contributed by atoms with Crippen LogP contribution in [0.1, 0.15) is 30.0 Å². The first-order valence-corrected chi connectivity index (χ1v) is 7.40. The van der Waals surface area contributed by atoms with Crippen LogP contribution in [-0.2, 0) is 6.61 Å². The molecule has 1 heterocycles. The summed E-state index contributed by atoms with van der Waals surface area (Å²) in [6.07, 6.45) is -0.590. The number of rotatable bonds is 5. The highest BCUT2D eigenvalue weighted by molar-refractivity contribution is 9.10. The van der Waals surface area contributed by atoms with Crippen molar-refractivity contribution < 1.29 is 14.6 Å². The van der Waals surface area contributed by atoms with Gasteiger partial charge in [0.05, 0.1) is 18.9 Å². The molecule has 1 aromatic heterocycles. The zero-order chi connectivity index (χ0) is 15.4. The second-order valence-corrected chi connectivity index (χ2v) is 5.70. The van der Waals surface area contributed by atoms with E-state index >= 15 is 0 Å². The molecule has 0 saturated carbocycles. The minimum absolute atomic E-state index is 0.314. The maximum absolute atomic E-state index is 9.79. The van der Waals surface area contributed by atoms with Crippen molar-refractivity contribution in [3.63, 3.8) is 0 Å². The zero-order valence-electron chi connectivity index (χ0n) is 12.3. The first-order chi connectivity index (χ1) is 9.99. The van der Waals surface area contributed by atoms with Gasteiger partial charge in [-0.25, -0.2) is 0 Å². The number of hydrogen-bond donors (Lipinski definition) is 1. The molecule has 0 amide bonds. The van der Waals surface area contributed by atoms with Crippen LogP contribution < -0.4 is 9.47 Å². The van der Waals surface area contributed by atoms with Crippen molar-refractivity contribution in [2.45, 2.75) is 26.6 Å². The van der Waals surface area contributed by atoms with Gasteiger partial charge in [-0.05, 0) is 26.0 Å². The molecule has 1 N–H and O–H groups in total. The van der Waals surface area contributed by atoms with Gasteiger partial charge in [0.2, 0.25) is 0 Å². The third kappa shape index (κ3) is 4.19. The van der Waals surface area contributed by atoms with Crippen LogP contribution in [-0.4, -0.2) is 17.2 Å². The lowest BCUT2D eigenvalue weighted by atomic mass is 10.1. The molecule has 0 fully saturated rings. The van der Waals surface area contributed by atoms with Crippen LogP contribution >= 0.6 is 15.9 Å². The summed E-state index contributed by atoms with van der Waals surface area (Å²) in [6, 6.07) is 9.27. The van der Waals surface area contributed by atoms with Crippen LogP contribution in [0.3, 0.4) is 0 Å². The Balaban J connectivity index is 2.20. The fourth-order valence-corrected chi connectivity index (χ4v) is 2.36. The molecule has 0 aliphatic carbocycles. The van der Waals surface area contributed by atoms with Gasteiger partial charge < -0.3 is 14.6 Å². The van der Waals surface area contributed by atoms with E-state index in [1.165, 1.54) is 0 Å². The number of methoxy groups -OCH3 is 1. The van der Waals surface area contributed by atoms with E-state index in [0.29, 0.717) is 12.4 Å². The fraction of sp³-hybridized carbons (Fsp3) is 0.312. The molecule has 112 valence electrons. The van der Waals surface area contributed by atoms with Gasteiger partial charge in [0.15, 0.2) is 0 Å². The van der Waals surface area contributed by atoms with E-state index in [9.17, 15) is 5.11 Å². The minimum atomic E-state index is -0.590. The Labute approximate surface area is 132 Å². The van der Waals surface area contributed by atoms with Gasteiger partial charge in [0.1, 0.15) is 18.1 Å². The van der Waals surface area contributed by atoms with Crippen LogP contribution in [0.4, 0.5) is 0 Å². The molecule has 21 heavy (non-hydrogen) atoms. The molecule has 4 nitrogen and oxygen atoms in total. The molecular weight excluding hydrogens is 334 g/mol. The number of pyridine rings is 1. The number of halogens is 1. The van der Waals surface area contributed by atoms with Crippen molar-refractivity contribution in [3.05, 3.63) is 51.8 Å². The third-order valence-electron chi connectivity index (χ3n) is 3.02. The normalized spacial score (nSPS) is 12.0. The van der Waals surface area contributed by atoms with Crippen LogP contribution in [0.5, 0.6) is 11.5 Å². The number of ether oxygens (including phenoxy) is 2. The monoisotopic (exact) mass is 351 g/mol. The van der Waals surface area contributed by atoms with E-state index < -0.39 is 6.10 Å². The van der Waals surface area contributed by atoms with Crippen molar-refractivity contribution >= 4 is 15.9 Å². The Hall–Kier alpha value is -1.59. The summed E-state index contributed by atoms with van der Waals surface area (Å²) >= 11 is 3.41. The summed E-state index contributed by atoms with van der Waals surface area (Å²) in [6.45, 7) is 3.94. The van der Waals surface area contributed by atoms with Gasteiger partial charge in [-0.1, -0.05) is 22.0 Å². The smallest absolute Gasteiger partial charge is 0.130 e. The first kappa shape index (κ1) is 15.8. The summed E-state index contributed by atoms with van der Waals surface area (Å²) in [4.78, 5) is 4.41. The number of benzene rings is 1. The number of aliphatic hydroxyl groups excluding tert-OH is 1. The van der Waals surface area contributed by atoms with Crippen LogP contribution in [0.25, 0.3) is 0 Å². The standard InChI is InChI=1S/C16H18BrNO3/c1-10-6-14(20-3)8-13(18-10)9-21-16-7-12(17)4-5-15(16)11(2)19/h4-8,11,19H,9H2,1-3H3. The molecule has 5 heteroatoms. The van der Waals surface area contributed by atoms with E-state index in [1.54, 1.807) is 14.0 Å². The second kappa shape index (κ2) is 6.91. The molecule has 2 aromatic rings. The third-order valence-corrected chi connectivity index (χ3v) is 3.51. The Bertz CT molecular complexity index is 629. The summed E-state index contributed by atoms with van der Waals surface area (Å²) in [5.41, 5.74) is 2.40. The zero-order valence-corrected chi connectivity index (χ0v) is 13.8. The molecule has 0 aliphatic heterocycles. The van der Waals surface area contributed by atoms with Gasteiger partial charge in [-0.2, -0.15) is 0 Å². The van der Waals surface area contributed by atoms with Crippen LogP contribution in [0.15, 0.2) is 34.8 Å². The van der Waals surface area contributed by atoms with Gasteiger partial charge >= 0.3 is 0 Å². The number of hydrogen-bond acceptors (Lipinski definition) is 4. The highest BCUT2D eigenvalue weighted by Crippen LogP contribution is 2.29. The quantitative estimate of drug-likeness (QED) is 0.890. The SMILES string of the molecule is COc1cc(C)nc(COc2cc(Br)ccc2C(C)O)c1. The van der Waals surface area contributed by atoms with Gasteiger partial charge in [0.25, 0.3) is 0 Å². The second-order valence-electron chi connectivity index (χ2n) is 4.79. The Morgan fingerprint density at radius 2 is 2.05 bits per heavy atom. The summed E-state index contributed by atoms with van der Waals surface area (Å²) in [5, 5.41) is 9.79. The van der Waals surface area contributed by atoms with E-state index in [4.69, 9.17) is 9.47 Å².